The van der Waals surface area contributed by atoms with Gasteiger partial charge in [-0.15, -0.1) is 11.3 Å². The van der Waals surface area contributed by atoms with Gasteiger partial charge in [0.25, 0.3) is 0 Å². The van der Waals surface area contributed by atoms with Crippen molar-refractivity contribution < 1.29 is 9.53 Å². The molecule has 7 heteroatoms. The Hall–Kier alpha value is -1.18. The van der Waals surface area contributed by atoms with Crippen LogP contribution in [0.15, 0.2) is 0 Å². The number of thiophene rings is 1. The first-order chi connectivity index (χ1) is 12.0. The monoisotopic (exact) mass is 381 g/mol. The Morgan fingerprint density at radius 1 is 1.40 bits per heavy atom. The Morgan fingerprint density at radius 3 is 2.88 bits per heavy atom. The van der Waals surface area contributed by atoms with Gasteiger partial charge in [-0.25, -0.2) is 0 Å². The topological polar surface area (TPSA) is 44.8 Å². The van der Waals surface area contributed by atoms with E-state index >= 15 is 0 Å². The molecule has 25 heavy (non-hydrogen) atoms. The van der Waals surface area contributed by atoms with E-state index in [1.807, 2.05) is 4.90 Å². The second kappa shape index (κ2) is 8.01. The van der Waals surface area contributed by atoms with Crippen LogP contribution in [0.4, 0.5) is 5.00 Å². The van der Waals surface area contributed by atoms with E-state index in [2.05, 4.69) is 31.0 Å². The standard InChI is InChI=1S/C18H27N3O2S2/c1-4-8-23-9-7-21-15(22)10-12(2)16-13(3)14(25-17(16)21)11-20-6-5-19-18(20)24/h12H,4-11H2,1-3H3,(H,19,24). The maximum absolute atomic E-state index is 12.6. The number of carbonyl (C=O) groups excluding carboxylic acids is 1. The molecule has 1 fully saturated rings. The van der Waals surface area contributed by atoms with Gasteiger partial charge in [-0.2, -0.15) is 0 Å². The molecule has 1 atom stereocenters. The van der Waals surface area contributed by atoms with Gasteiger partial charge in [0.05, 0.1) is 19.7 Å². The molecule has 1 aromatic heterocycles. The van der Waals surface area contributed by atoms with E-state index in [-0.39, 0.29) is 11.8 Å². The maximum Gasteiger partial charge on any atom is 0.228 e. The van der Waals surface area contributed by atoms with Gasteiger partial charge in [0, 0.05) is 31.0 Å². The summed E-state index contributed by atoms with van der Waals surface area (Å²) in [5.74, 6) is 0.496. The quantitative estimate of drug-likeness (QED) is 0.581. The van der Waals surface area contributed by atoms with Crippen LogP contribution in [0.5, 0.6) is 0 Å². The van der Waals surface area contributed by atoms with E-state index < -0.39 is 0 Å². The van der Waals surface area contributed by atoms with Crippen molar-refractivity contribution in [3.05, 3.63) is 16.0 Å². The van der Waals surface area contributed by atoms with Crippen LogP contribution >= 0.6 is 23.6 Å². The number of hydrogen-bond acceptors (Lipinski definition) is 4. The summed E-state index contributed by atoms with van der Waals surface area (Å²) in [5, 5.41) is 5.17. The minimum Gasteiger partial charge on any atom is -0.380 e. The lowest BCUT2D eigenvalue weighted by Gasteiger charge is -2.30. The largest absolute Gasteiger partial charge is 0.380 e. The van der Waals surface area contributed by atoms with Crippen LogP contribution in [-0.2, 0) is 16.1 Å². The van der Waals surface area contributed by atoms with Crippen molar-refractivity contribution in [1.82, 2.24) is 10.2 Å². The average molecular weight is 382 g/mol. The van der Waals surface area contributed by atoms with Gasteiger partial charge in [-0.05, 0) is 42.6 Å². The van der Waals surface area contributed by atoms with Crippen molar-refractivity contribution in [3.63, 3.8) is 0 Å². The van der Waals surface area contributed by atoms with E-state index in [1.165, 1.54) is 16.0 Å². The number of thiocarbonyl (C=S) groups is 1. The first-order valence-electron chi connectivity index (χ1n) is 9.06. The summed E-state index contributed by atoms with van der Waals surface area (Å²) in [6.07, 6.45) is 1.59. The highest BCUT2D eigenvalue weighted by Gasteiger charge is 2.33. The van der Waals surface area contributed by atoms with E-state index in [1.54, 1.807) is 11.3 Å². The van der Waals surface area contributed by atoms with Gasteiger partial charge < -0.3 is 19.9 Å². The fraction of sp³-hybridized carbons (Fsp3) is 0.667. The number of ether oxygens (including phenoxy) is 1. The highest BCUT2D eigenvalue weighted by molar-refractivity contribution is 7.80. The van der Waals surface area contributed by atoms with Gasteiger partial charge in [-0.3, -0.25) is 4.79 Å². The molecule has 0 radical (unpaired) electrons. The third-order valence-corrected chi connectivity index (χ3v) is 6.60. The van der Waals surface area contributed by atoms with Crippen molar-refractivity contribution in [2.24, 2.45) is 0 Å². The molecule has 0 aliphatic carbocycles. The molecule has 2 aliphatic rings. The normalized spacial score (nSPS) is 20.2. The fourth-order valence-corrected chi connectivity index (χ4v) is 5.28. The maximum atomic E-state index is 12.6. The molecule has 0 aromatic carbocycles. The molecule has 3 rings (SSSR count). The molecule has 0 spiro atoms. The Balaban J connectivity index is 1.81. The number of anilines is 1. The lowest BCUT2D eigenvalue weighted by Crippen LogP contribution is -2.37. The molecule has 5 nitrogen and oxygen atoms in total. The molecular formula is C18H27N3O2S2. The Morgan fingerprint density at radius 2 is 2.20 bits per heavy atom. The van der Waals surface area contributed by atoms with Crippen LogP contribution < -0.4 is 10.2 Å². The minimum atomic E-state index is 0.214. The van der Waals surface area contributed by atoms with Crippen molar-refractivity contribution in [2.75, 3.05) is 37.7 Å². The highest BCUT2D eigenvalue weighted by Crippen LogP contribution is 2.45. The molecule has 2 aliphatic heterocycles. The summed E-state index contributed by atoms with van der Waals surface area (Å²) >= 11 is 7.13. The van der Waals surface area contributed by atoms with Crippen LogP contribution in [0.2, 0.25) is 0 Å². The summed E-state index contributed by atoms with van der Waals surface area (Å²) < 4.78 is 5.61. The summed E-state index contributed by atoms with van der Waals surface area (Å²) in [7, 11) is 0. The fourth-order valence-electron chi connectivity index (χ4n) is 3.54. The zero-order chi connectivity index (χ0) is 18.0. The zero-order valence-electron chi connectivity index (χ0n) is 15.3. The zero-order valence-corrected chi connectivity index (χ0v) is 16.9. The van der Waals surface area contributed by atoms with Gasteiger partial charge in [-0.1, -0.05) is 13.8 Å². The van der Waals surface area contributed by atoms with Gasteiger partial charge in [0.2, 0.25) is 5.91 Å². The van der Waals surface area contributed by atoms with Gasteiger partial charge in [0.1, 0.15) is 5.00 Å². The molecule has 138 valence electrons. The lowest BCUT2D eigenvalue weighted by molar-refractivity contribution is -0.119. The van der Waals surface area contributed by atoms with Gasteiger partial charge in [0.15, 0.2) is 5.11 Å². The van der Waals surface area contributed by atoms with Crippen LogP contribution in [0.1, 0.15) is 48.6 Å². The molecule has 0 bridgehead atoms. The third-order valence-electron chi connectivity index (χ3n) is 4.88. The summed E-state index contributed by atoms with van der Waals surface area (Å²) in [5.41, 5.74) is 2.67. The molecule has 3 heterocycles. The van der Waals surface area contributed by atoms with Crippen molar-refractivity contribution in [1.29, 1.82) is 0 Å². The smallest absolute Gasteiger partial charge is 0.228 e. The summed E-state index contributed by atoms with van der Waals surface area (Å²) in [6, 6.07) is 0. The number of rotatable bonds is 7. The number of carbonyl (C=O) groups is 1. The van der Waals surface area contributed by atoms with E-state index in [4.69, 9.17) is 17.0 Å². The Labute approximate surface area is 159 Å². The molecule has 1 unspecified atom stereocenters. The molecular weight excluding hydrogens is 354 g/mol. The number of amides is 1. The Kier molecular flexibility index (Phi) is 5.96. The molecule has 0 saturated carbocycles. The van der Waals surface area contributed by atoms with Crippen LogP contribution in [0, 0.1) is 6.92 Å². The van der Waals surface area contributed by atoms with Crippen LogP contribution in [0.3, 0.4) is 0 Å². The number of nitrogens with zero attached hydrogens (tertiary/aromatic N) is 2. The van der Waals surface area contributed by atoms with E-state index in [0.29, 0.717) is 19.6 Å². The highest BCUT2D eigenvalue weighted by atomic mass is 32.1. The van der Waals surface area contributed by atoms with Gasteiger partial charge >= 0.3 is 0 Å². The predicted octanol–water partition coefficient (Wildman–Crippen LogP) is 3.01. The summed E-state index contributed by atoms with van der Waals surface area (Å²) in [6.45, 7) is 11.1. The van der Waals surface area contributed by atoms with Crippen molar-refractivity contribution in [3.8, 4) is 0 Å². The Bertz CT molecular complexity index is 659. The van der Waals surface area contributed by atoms with Crippen molar-refractivity contribution >= 4 is 39.6 Å². The number of nitrogens with one attached hydrogen (secondary N) is 1. The first kappa shape index (κ1) is 18.6. The predicted molar refractivity (Wildman–Crippen MR) is 107 cm³/mol. The molecule has 1 aromatic rings. The second-order valence-electron chi connectivity index (χ2n) is 6.79. The number of hydrogen-bond donors (Lipinski definition) is 1. The third kappa shape index (κ3) is 3.83. The average Bonchev–Trinajstić information content (AvgIpc) is 3.11. The van der Waals surface area contributed by atoms with Crippen molar-refractivity contribution in [2.45, 2.75) is 46.1 Å². The van der Waals surface area contributed by atoms with Crippen LogP contribution in [0.25, 0.3) is 0 Å². The lowest BCUT2D eigenvalue weighted by atomic mass is 9.91. The van der Waals surface area contributed by atoms with E-state index in [0.717, 1.165) is 42.8 Å². The summed E-state index contributed by atoms with van der Waals surface area (Å²) in [4.78, 5) is 18.0. The van der Waals surface area contributed by atoms with Crippen LogP contribution in [-0.4, -0.2) is 48.8 Å². The van der Waals surface area contributed by atoms with E-state index in [9.17, 15) is 4.79 Å². The SMILES string of the molecule is CCCOCCN1C(=O)CC(C)c2c1sc(CN1CCNC1=S)c2C. The minimum absolute atomic E-state index is 0.214. The molecule has 1 N–H and O–H groups in total. The second-order valence-corrected chi connectivity index (χ2v) is 8.26. The molecule has 1 amide bonds. The first-order valence-corrected chi connectivity index (χ1v) is 10.3. The molecule has 1 saturated heterocycles. The number of fused-ring (bicyclic) bond motifs is 1.